The smallest absolute Gasteiger partial charge is 0.445 e. The number of ketones is 2. The summed E-state index contributed by atoms with van der Waals surface area (Å²) in [4.78, 5) is 120. The Labute approximate surface area is 356 Å². The number of hydrogen-bond donors (Lipinski definition) is 0. The van der Waals surface area contributed by atoms with Crippen LogP contribution >= 0.6 is 0 Å². The van der Waals surface area contributed by atoms with Crippen molar-refractivity contribution in [3.63, 3.8) is 0 Å². The first kappa shape index (κ1) is 44.7. The van der Waals surface area contributed by atoms with E-state index in [0.717, 1.165) is 52.7 Å². The summed E-state index contributed by atoms with van der Waals surface area (Å²) in [6.07, 6.45) is 14.7. The van der Waals surface area contributed by atoms with Gasteiger partial charge in [-0.05, 0) is 62.1 Å². The molecule has 0 heterocycles. The fourth-order valence-corrected chi connectivity index (χ4v) is 8.00. The summed E-state index contributed by atoms with van der Waals surface area (Å²) in [7, 11) is 2.14. The molecule has 4 aliphatic carbocycles. The second-order valence-electron chi connectivity index (χ2n) is 15.1. The molecule has 4 unspecified atom stereocenters. The zero-order chi connectivity index (χ0) is 44.3. The first-order valence-corrected chi connectivity index (χ1v) is 20.3. The van der Waals surface area contributed by atoms with Crippen LogP contribution in [0.2, 0.25) is 0 Å². The number of allylic oxidation sites excluding steroid dienone is 4. The van der Waals surface area contributed by atoms with Crippen molar-refractivity contribution in [1.29, 1.82) is 0 Å². The number of rotatable bonds is 12. The van der Waals surface area contributed by atoms with Crippen LogP contribution in [0.3, 0.4) is 0 Å². The highest BCUT2D eigenvalue weighted by molar-refractivity contribution is 6.11. The van der Waals surface area contributed by atoms with Gasteiger partial charge >= 0.3 is 36.2 Å². The minimum Gasteiger partial charge on any atom is -0.445 e. The molecule has 2 fully saturated rings. The Morgan fingerprint density at radius 1 is 0.484 bits per heavy atom. The standard InChI is InChI=1S/C46H46O16/c1-55-43(53)57-35-25-11-9-21-31(35)37(47)45(59-39(49)29-17-5-3-6-18-29)27-15-13-23-33(45)41(51)61-62-42(52)34-24-14-16-28-46(34,60-40(50)30-19-7-4-8-20-30)38(48)32-22-10-12-26-36(32)58-44(54)56-2/h9-16,21-30,33-34H,3-8,17-20H2,1-2H3. The van der Waals surface area contributed by atoms with Gasteiger partial charge in [-0.3, -0.25) is 19.2 Å². The van der Waals surface area contributed by atoms with E-state index >= 15 is 0 Å². The quantitative estimate of drug-likeness (QED) is 0.0514. The number of esters is 2. The molecule has 16 heteroatoms. The third kappa shape index (κ3) is 9.69. The van der Waals surface area contributed by atoms with Crippen LogP contribution in [0, 0.1) is 23.7 Å². The van der Waals surface area contributed by atoms with Gasteiger partial charge in [-0.2, -0.15) is 0 Å². The SMILES string of the molecule is COC(=O)Oc1ccccc1C(=O)C1(OC(=O)C2CCCCC2)C=CC=CC1C(=O)OOC(=O)C1C=CC=CC1(OC(=O)C1CCCCC1)C(=O)c1ccccc1OC(=O)OC. The van der Waals surface area contributed by atoms with Gasteiger partial charge in [0, 0.05) is 0 Å². The summed E-state index contributed by atoms with van der Waals surface area (Å²) in [5, 5.41) is 0. The Balaban J connectivity index is 1.33. The summed E-state index contributed by atoms with van der Waals surface area (Å²) in [5.74, 6) is -11.5. The topological polar surface area (TPSA) is 210 Å². The van der Waals surface area contributed by atoms with Crippen LogP contribution in [0.15, 0.2) is 97.1 Å². The molecular weight excluding hydrogens is 808 g/mol. The molecule has 0 N–H and O–H groups in total. The average molecular weight is 855 g/mol. The molecule has 0 bridgehead atoms. The Hall–Kier alpha value is -6.84. The second-order valence-corrected chi connectivity index (χ2v) is 15.1. The molecule has 0 saturated heterocycles. The van der Waals surface area contributed by atoms with E-state index in [1.807, 2.05) is 0 Å². The highest BCUT2D eigenvalue weighted by Crippen LogP contribution is 2.41. The monoisotopic (exact) mass is 854 g/mol. The highest BCUT2D eigenvalue weighted by Gasteiger charge is 2.56. The summed E-state index contributed by atoms with van der Waals surface area (Å²) in [5.41, 5.74) is -5.42. The maximum absolute atomic E-state index is 14.7. The zero-order valence-corrected chi connectivity index (χ0v) is 34.2. The minimum atomic E-state index is -2.45. The van der Waals surface area contributed by atoms with Gasteiger partial charge in [-0.1, -0.05) is 99.2 Å². The van der Waals surface area contributed by atoms with Gasteiger partial charge in [0.1, 0.15) is 23.3 Å². The molecule has 62 heavy (non-hydrogen) atoms. The normalized spacial score (nSPS) is 23.3. The molecule has 6 rings (SSSR count). The van der Waals surface area contributed by atoms with Crippen LogP contribution in [0.1, 0.15) is 84.9 Å². The molecule has 2 saturated carbocycles. The van der Waals surface area contributed by atoms with Crippen molar-refractivity contribution < 1.29 is 76.6 Å². The van der Waals surface area contributed by atoms with Crippen LogP contribution in [-0.4, -0.2) is 73.2 Å². The molecule has 2 aromatic carbocycles. The van der Waals surface area contributed by atoms with E-state index in [4.69, 9.17) is 28.7 Å². The molecule has 0 aliphatic heterocycles. The highest BCUT2D eigenvalue weighted by atomic mass is 17.2. The van der Waals surface area contributed by atoms with Gasteiger partial charge in [0.15, 0.2) is 0 Å². The Kier molecular flexibility index (Phi) is 14.5. The lowest BCUT2D eigenvalue weighted by Gasteiger charge is -2.37. The number of hydrogen-bond acceptors (Lipinski definition) is 16. The number of Topliss-reactive ketones (excluding diaryl/α,β-unsaturated/α-hetero) is 2. The number of carbonyl (C=O) groups is 8. The van der Waals surface area contributed by atoms with E-state index in [0.29, 0.717) is 25.7 Å². The fourth-order valence-electron chi connectivity index (χ4n) is 8.00. The molecule has 16 nitrogen and oxygen atoms in total. The molecule has 4 atom stereocenters. The molecule has 0 aromatic heterocycles. The average Bonchev–Trinajstić information content (AvgIpc) is 3.31. The van der Waals surface area contributed by atoms with Crippen molar-refractivity contribution in [3.05, 3.63) is 108 Å². The van der Waals surface area contributed by atoms with Crippen LogP contribution in [0.5, 0.6) is 11.5 Å². The summed E-state index contributed by atoms with van der Waals surface area (Å²) in [6, 6.07) is 11.1. The summed E-state index contributed by atoms with van der Waals surface area (Å²) >= 11 is 0. The molecule has 0 amide bonds. The number of methoxy groups -OCH3 is 2. The molecule has 326 valence electrons. The van der Waals surface area contributed by atoms with Gasteiger partial charge in [0.2, 0.25) is 22.8 Å². The van der Waals surface area contributed by atoms with Crippen LogP contribution in [0.25, 0.3) is 0 Å². The maximum atomic E-state index is 14.7. The lowest BCUT2D eigenvalue weighted by atomic mass is 9.77. The van der Waals surface area contributed by atoms with Crippen molar-refractivity contribution in [3.8, 4) is 11.5 Å². The summed E-state index contributed by atoms with van der Waals surface area (Å²) in [6.45, 7) is 0. The number of ether oxygens (including phenoxy) is 6. The van der Waals surface area contributed by atoms with Crippen LogP contribution < -0.4 is 9.47 Å². The lowest BCUT2D eigenvalue weighted by molar-refractivity contribution is -0.268. The van der Waals surface area contributed by atoms with E-state index in [1.54, 1.807) is 0 Å². The minimum absolute atomic E-state index is 0.261. The van der Waals surface area contributed by atoms with Gasteiger partial charge in [-0.15, -0.1) is 0 Å². The number of carbonyl (C=O) groups excluding carboxylic acids is 8. The largest absolute Gasteiger partial charge is 0.513 e. The molecule has 2 aromatic rings. The number of benzene rings is 2. The van der Waals surface area contributed by atoms with E-state index in [9.17, 15) is 38.4 Å². The predicted octanol–water partition coefficient (Wildman–Crippen LogP) is 7.25. The first-order valence-electron chi connectivity index (χ1n) is 20.3. The van der Waals surface area contributed by atoms with Crippen LogP contribution in [-0.2, 0) is 47.9 Å². The molecule has 4 aliphatic rings. The maximum Gasteiger partial charge on any atom is 0.513 e. The van der Waals surface area contributed by atoms with Crippen molar-refractivity contribution in [2.75, 3.05) is 14.2 Å². The van der Waals surface area contributed by atoms with E-state index in [1.165, 1.54) is 97.1 Å². The summed E-state index contributed by atoms with van der Waals surface area (Å²) < 4.78 is 31.7. The van der Waals surface area contributed by atoms with Gasteiger partial charge in [0.05, 0.1) is 37.2 Å². The number of para-hydroxylation sites is 2. The first-order chi connectivity index (χ1) is 29.9. The van der Waals surface area contributed by atoms with Gasteiger partial charge in [-0.25, -0.2) is 29.0 Å². The van der Waals surface area contributed by atoms with Crippen molar-refractivity contribution in [2.24, 2.45) is 23.7 Å². The molecule has 0 radical (unpaired) electrons. The molecule has 0 spiro atoms. The van der Waals surface area contributed by atoms with E-state index < -0.39 is 82.6 Å². The molecular formula is C46H46O16. The zero-order valence-electron chi connectivity index (χ0n) is 34.2. The van der Waals surface area contributed by atoms with Gasteiger partial charge < -0.3 is 28.4 Å². The Bertz CT molecular complexity index is 2030. The van der Waals surface area contributed by atoms with E-state index in [-0.39, 0.29) is 22.6 Å². The predicted molar refractivity (Wildman–Crippen MR) is 214 cm³/mol. The fraction of sp³-hybridized carbons (Fsp3) is 0.391. The Morgan fingerprint density at radius 2 is 0.855 bits per heavy atom. The third-order valence-corrected chi connectivity index (χ3v) is 11.3. The van der Waals surface area contributed by atoms with E-state index in [2.05, 4.69) is 9.47 Å². The van der Waals surface area contributed by atoms with Gasteiger partial charge in [0.25, 0.3) is 0 Å². The van der Waals surface area contributed by atoms with Crippen molar-refractivity contribution in [2.45, 2.75) is 75.4 Å². The van der Waals surface area contributed by atoms with Crippen molar-refractivity contribution >= 4 is 47.8 Å². The van der Waals surface area contributed by atoms with Crippen molar-refractivity contribution in [1.82, 2.24) is 0 Å². The second kappa shape index (κ2) is 20.1. The third-order valence-electron chi connectivity index (χ3n) is 11.3. The van der Waals surface area contributed by atoms with Crippen LogP contribution in [0.4, 0.5) is 9.59 Å². The lowest BCUT2D eigenvalue weighted by Crippen LogP contribution is -2.54. The Morgan fingerprint density at radius 3 is 1.23 bits per heavy atom.